The number of rotatable bonds is 5. The highest BCUT2D eigenvalue weighted by Crippen LogP contribution is 2.28. The summed E-state index contributed by atoms with van der Waals surface area (Å²) in [6.07, 6.45) is 1.51. The van der Waals surface area contributed by atoms with E-state index in [0.717, 1.165) is 0 Å². The topological polar surface area (TPSA) is 64.0 Å². The number of aromatic nitrogens is 2. The monoisotopic (exact) mass is 359 g/mol. The summed E-state index contributed by atoms with van der Waals surface area (Å²) in [5, 5.41) is 4.44. The Bertz CT molecular complexity index is 965. The standard InChI is InChI=1S/C18H18FN3O2S/c1-13(2)22-12-17(18(20-22)14-6-4-3-5-7-14)25(23,24)21-16-10-8-15(19)9-11-16/h3-13,21H,1-2H3. The minimum Gasteiger partial charge on any atom is -0.280 e. The van der Waals surface area contributed by atoms with Gasteiger partial charge in [0.15, 0.2) is 0 Å². The lowest BCUT2D eigenvalue weighted by molar-refractivity contribution is 0.532. The minimum atomic E-state index is -3.87. The van der Waals surface area contributed by atoms with Gasteiger partial charge in [-0.15, -0.1) is 0 Å². The van der Waals surface area contributed by atoms with Gasteiger partial charge in [0, 0.05) is 23.5 Å². The van der Waals surface area contributed by atoms with Gasteiger partial charge in [0.1, 0.15) is 16.4 Å². The summed E-state index contributed by atoms with van der Waals surface area (Å²) >= 11 is 0. The van der Waals surface area contributed by atoms with E-state index in [1.54, 1.807) is 4.68 Å². The predicted molar refractivity (Wildman–Crippen MR) is 95.3 cm³/mol. The van der Waals surface area contributed by atoms with Crippen LogP contribution in [0, 0.1) is 5.82 Å². The van der Waals surface area contributed by atoms with Gasteiger partial charge in [-0.05, 0) is 38.1 Å². The fourth-order valence-electron chi connectivity index (χ4n) is 2.36. The first-order chi connectivity index (χ1) is 11.9. The summed E-state index contributed by atoms with van der Waals surface area (Å²) < 4.78 is 42.8. The summed E-state index contributed by atoms with van der Waals surface area (Å²) in [7, 11) is -3.87. The van der Waals surface area contributed by atoms with Crippen LogP contribution in [0.3, 0.4) is 0 Å². The van der Waals surface area contributed by atoms with Gasteiger partial charge < -0.3 is 0 Å². The van der Waals surface area contributed by atoms with Crippen molar-refractivity contribution in [3.63, 3.8) is 0 Å². The molecule has 130 valence electrons. The van der Waals surface area contributed by atoms with Gasteiger partial charge in [-0.25, -0.2) is 12.8 Å². The fraction of sp³-hybridized carbons (Fsp3) is 0.167. The molecule has 0 bridgehead atoms. The number of nitrogens with zero attached hydrogens (tertiary/aromatic N) is 2. The lowest BCUT2D eigenvalue weighted by atomic mass is 10.2. The van der Waals surface area contributed by atoms with Gasteiger partial charge in [0.25, 0.3) is 10.0 Å². The predicted octanol–water partition coefficient (Wildman–Crippen LogP) is 4.07. The smallest absolute Gasteiger partial charge is 0.265 e. The normalized spacial score (nSPS) is 11.7. The maximum absolute atomic E-state index is 13.0. The number of nitrogens with one attached hydrogen (secondary N) is 1. The highest BCUT2D eigenvalue weighted by Gasteiger charge is 2.24. The highest BCUT2D eigenvalue weighted by molar-refractivity contribution is 7.92. The largest absolute Gasteiger partial charge is 0.280 e. The van der Waals surface area contributed by atoms with Gasteiger partial charge in [0.05, 0.1) is 0 Å². The molecule has 0 atom stereocenters. The Morgan fingerprint density at radius 1 is 1.04 bits per heavy atom. The third-order valence-electron chi connectivity index (χ3n) is 3.66. The Labute approximate surface area is 146 Å². The number of anilines is 1. The van der Waals surface area contributed by atoms with Crippen LogP contribution >= 0.6 is 0 Å². The molecule has 5 nitrogen and oxygen atoms in total. The molecule has 25 heavy (non-hydrogen) atoms. The zero-order chi connectivity index (χ0) is 18.0. The molecule has 0 saturated carbocycles. The quantitative estimate of drug-likeness (QED) is 0.747. The number of hydrogen-bond donors (Lipinski definition) is 1. The van der Waals surface area contributed by atoms with E-state index < -0.39 is 15.8 Å². The van der Waals surface area contributed by atoms with Crippen LogP contribution in [0.2, 0.25) is 0 Å². The number of halogens is 1. The number of sulfonamides is 1. The summed E-state index contributed by atoms with van der Waals surface area (Å²) in [6, 6.07) is 14.3. The first-order valence-electron chi connectivity index (χ1n) is 7.80. The van der Waals surface area contributed by atoms with Crippen molar-refractivity contribution in [2.75, 3.05) is 4.72 Å². The van der Waals surface area contributed by atoms with Crippen LogP contribution in [-0.2, 0) is 10.0 Å². The Morgan fingerprint density at radius 2 is 1.68 bits per heavy atom. The molecule has 0 radical (unpaired) electrons. The molecule has 1 aromatic heterocycles. The van der Waals surface area contributed by atoms with Gasteiger partial charge in [-0.2, -0.15) is 5.10 Å². The maximum atomic E-state index is 13.0. The van der Waals surface area contributed by atoms with Crippen molar-refractivity contribution in [1.82, 2.24) is 9.78 Å². The van der Waals surface area contributed by atoms with E-state index in [-0.39, 0.29) is 16.6 Å². The van der Waals surface area contributed by atoms with Crippen molar-refractivity contribution in [1.29, 1.82) is 0 Å². The molecule has 0 amide bonds. The van der Waals surface area contributed by atoms with Crippen molar-refractivity contribution in [3.8, 4) is 11.3 Å². The molecule has 3 rings (SSSR count). The number of hydrogen-bond acceptors (Lipinski definition) is 3. The average molecular weight is 359 g/mol. The van der Waals surface area contributed by atoms with Crippen LogP contribution in [0.1, 0.15) is 19.9 Å². The van der Waals surface area contributed by atoms with E-state index in [9.17, 15) is 12.8 Å². The van der Waals surface area contributed by atoms with Gasteiger partial charge in [-0.3, -0.25) is 9.40 Å². The van der Waals surface area contributed by atoms with Crippen LogP contribution in [0.5, 0.6) is 0 Å². The molecule has 1 N–H and O–H groups in total. The third kappa shape index (κ3) is 3.71. The second-order valence-corrected chi connectivity index (χ2v) is 7.54. The van der Waals surface area contributed by atoms with Gasteiger partial charge >= 0.3 is 0 Å². The van der Waals surface area contributed by atoms with E-state index in [4.69, 9.17) is 0 Å². The average Bonchev–Trinajstić information content (AvgIpc) is 3.04. The maximum Gasteiger partial charge on any atom is 0.265 e. The molecular weight excluding hydrogens is 341 g/mol. The van der Waals surface area contributed by atoms with Crippen molar-refractivity contribution in [3.05, 3.63) is 66.6 Å². The van der Waals surface area contributed by atoms with Gasteiger partial charge in [-0.1, -0.05) is 30.3 Å². The molecule has 0 aliphatic rings. The molecular formula is C18H18FN3O2S. The molecule has 2 aromatic carbocycles. The summed E-state index contributed by atoms with van der Waals surface area (Å²) in [5.41, 5.74) is 1.38. The Hall–Kier alpha value is -2.67. The second-order valence-electron chi connectivity index (χ2n) is 5.89. The SMILES string of the molecule is CC(C)n1cc(S(=O)(=O)Nc2ccc(F)cc2)c(-c2ccccc2)n1. The molecule has 0 fully saturated rings. The molecule has 0 saturated heterocycles. The zero-order valence-corrected chi connectivity index (χ0v) is 14.7. The van der Waals surface area contributed by atoms with Crippen molar-refractivity contribution >= 4 is 15.7 Å². The van der Waals surface area contributed by atoms with Crippen LogP contribution in [0.15, 0.2) is 65.7 Å². The first kappa shape index (κ1) is 17.2. The highest BCUT2D eigenvalue weighted by atomic mass is 32.2. The second kappa shape index (κ2) is 6.68. The zero-order valence-electron chi connectivity index (χ0n) is 13.8. The van der Waals surface area contributed by atoms with Crippen LogP contribution in [-0.4, -0.2) is 18.2 Å². The third-order valence-corrected chi connectivity index (χ3v) is 5.04. The lowest BCUT2D eigenvalue weighted by Crippen LogP contribution is -2.13. The van der Waals surface area contributed by atoms with E-state index in [1.807, 2.05) is 44.2 Å². The first-order valence-corrected chi connectivity index (χ1v) is 9.28. The molecule has 0 unspecified atom stereocenters. The molecule has 0 aliphatic carbocycles. The molecule has 0 spiro atoms. The molecule has 3 aromatic rings. The van der Waals surface area contributed by atoms with Crippen LogP contribution < -0.4 is 4.72 Å². The van der Waals surface area contributed by atoms with E-state index in [1.165, 1.54) is 30.5 Å². The Kier molecular flexibility index (Phi) is 4.59. The molecule has 1 heterocycles. The summed E-state index contributed by atoms with van der Waals surface area (Å²) in [6.45, 7) is 3.84. The van der Waals surface area contributed by atoms with E-state index >= 15 is 0 Å². The minimum absolute atomic E-state index is 0.0113. The number of benzene rings is 2. The molecule has 7 heteroatoms. The van der Waals surface area contributed by atoms with E-state index in [2.05, 4.69) is 9.82 Å². The molecule has 0 aliphatic heterocycles. The van der Waals surface area contributed by atoms with Gasteiger partial charge in [0.2, 0.25) is 0 Å². The Balaban J connectivity index is 2.06. The van der Waals surface area contributed by atoms with Crippen molar-refractivity contribution in [2.24, 2.45) is 0 Å². The van der Waals surface area contributed by atoms with Crippen LogP contribution in [0.4, 0.5) is 10.1 Å². The summed E-state index contributed by atoms with van der Waals surface area (Å²) in [5.74, 6) is -0.430. The van der Waals surface area contributed by atoms with Crippen LogP contribution in [0.25, 0.3) is 11.3 Å². The summed E-state index contributed by atoms with van der Waals surface area (Å²) in [4.78, 5) is 0.0803. The fourth-order valence-corrected chi connectivity index (χ4v) is 3.58. The lowest BCUT2D eigenvalue weighted by Gasteiger charge is -2.08. The van der Waals surface area contributed by atoms with Crippen molar-refractivity contribution in [2.45, 2.75) is 24.8 Å². The Morgan fingerprint density at radius 3 is 2.28 bits per heavy atom. The van der Waals surface area contributed by atoms with Crippen molar-refractivity contribution < 1.29 is 12.8 Å². The van der Waals surface area contributed by atoms with E-state index in [0.29, 0.717) is 11.3 Å².